The third-order valence-electron chi connectivity index (χ3n) is 3.89. The van der Waals surface area contributed by atoms with Crippen LogP contribution in [0.25, 0.3) is 0 Å². The Morgan fingerprint density at radius 3 is 3.05 bits per heavy atom. The molecule has 0 bridgehead atoms. The van der Waals surface area contributed by atoms with E-state index in [1.54, 1.807) is 17.2 Å². The number of nitrogens with one attached hydrogen (secondary N) is 1. The van der Waals surface area contributed by atoms with E-state index in [4.69, 9.17) is 0 Å². The predicted molar refractivity (Wildman–Crippen MR) is 77.5 cm³/mol. The lowest BCUT2D eigenvalue weighted by Crippen LogP contribution is -2.18. The van der Waals surface area contributed by atoms with Crippen molar-refractivity contribution in [2.75, 3.05) is 5.32 Å². The summed E-state index contributed by atoms with van der Waals surface area (Å²) in [6.45, 7) is 2.86. The molecule has 1 aliphatic rings. The maximum Gasteiger partial charge on any atom is 0.225 e. The molecule has 0 aliphatic heterocycles. The highest BCUT2D eigenvalue weighted by Gasteiger charge is 2.30. The van der Waals surface area contributed by atoms with Crippen LogP contribution < -0.4 is 5.32 Å². The van der Waals surface area contributed by atoms with E-state index in [-0.39, 0.29) is 5.91 Å². The molecule has 7 nitrogen and oxygen atoms in total. The molecule has 7 heteroatoms. The van der Waals surface area contributed by atoms with E-state index in [1.165, 1.54) is 19.2 Å². The molecule has 0 spiro atoms. The van der Waals surface area contributed by atoms with Crippen molar-refractivity contribution in [2.45, 2.75) is 45.2 Å². The molecule has 0 saturated heterocycles. The van der Waals surface area contributed by atoms with Crippen LogP contribution in [0.1, 0.15) is 38.6 Å². The Kier molecular flexibility index (Phi) is 3.98. The molecule has 0 aromatic carbocycles. The van der Waals surface area contributed by atoms with Gasteiger partial charge in [-0.25, -0.2) is 9.67 Å². The second-order valence-electron chi connectivity index (χ2n) is 5.55. The van der Waals surface area contributed by atoms with Gasteiger partial charge in [0.1, 0.15) is 18.5 Å². The molecule has 112 valence electrons. The van der Waals surface area contributed by atoms with Gasteiger partial charge in [0, 0.05) is 19.0 Å². The van der Waals surface area contributed by atoms with Gasteiger partial charge in [0.05, 0.1) is 12.2 Å². The fourth-order valence-corrected chi connectivity index (χ4v) is 2.47. The molecule has 1 aliphatic carbocycles. The van der Waals surface area contributed by atoms with Gasteiger partial charge in [-0.1, -0.05) is 0 Å². The zero-order valence-electron chi connectivity index (χ0n) is 12.1. The van der Waals surface area contributed by atoms with E-state index in [1.807, 2.05) is 10.7 Å². The van der Waals surface area contributed by atoms with Crippen LogP contribution in [0.5, 0.6) is 0 Å². The Labute approximate surface area is 123 Å². The van der Waals surface area contributed by atoms with Gasteiger partial charge >= 0.3 is 0 Å². The standard InChI is InChI=1S/C14H20N6O/c1-11(12-4-5-12)20-13(6-7-16-20)18-14(21)3-2-8-19-10-15-9-17-19/h6-7,9-12H,2-5,8H2,1H3,(H,18,21)/t11-/m0/s1. The summed E-state index contributed by atoms with van der Waals surface area (Å²) in [4.78, 5) is 15.9. The van der Waals surface area contributed by atoms with E-state index in [9.17, 15) is 4.79 Å². The largest absolute Gasteiger partial charge is 0.311 e. The predicted octanol–water partition coefficient (Wildman–Crippen LogP) is 1.86. The number of amides is 1. The maximum absolute atomic E-state index is 12.0. The summed E-state index contributed by atoms with van der Waals surface area (Å²) in [5.41, 5.74) is 0. The van der Waals surface area contributed by atoms with Crippen molar-refractivity contribution in [3.63, 3.8) is 0 Å². The van der Waals surface area contributed by atoms with Crippen LogP contribution >= 0.6 is 0 Å². The number of aryl methyl sites for hydroxylation is 1. The van der Waals surface area contributed by atoms with Crippen molar-refractivity contribution < 1.29 is 4.79 Å². The number of aromatic nitrogens is 5. The first-order chi connectivity index (χ1) is 10.2. The maximum atomic E-state index is 12.0. The fraction of sp³-hybridized carbons (Fsp3) is 0.571. The average molecular weight is 288 g/mol. The molecule has 1 amide bonds. The molecule has 1 fully saturated rings. The van der Waals surface area contributed by atoms with Crippen LogP contribution in [0, 0.1) is 5.92 Å². The van der Waals surface area contributed by atoms with E-state index in [0.29, 0.717) is 24.9 Å². The highest BCUT2D eigenvalue weighted by molar-refractivity contribution is 5.89. The third kappa shape index (κ3) is 3.48. The molecule has 3 rings (SSSR count). The summed E-state index contributed by atoms with van der Waals surface area (Å²) >= 11 is 0. The van der Waals surface area contributed by atoms with Crippen molar-refractivity contribution in [3.8, 4) is 0 Å². The molecular formula is C14H20N6O. The van der Waals surface area contributed by atoms with E-state index in [2.05, 4.69) is 27.4 Å². The minimum Gasteiger partial charge on any atom is -0.311 e. The molecule has 21 heavy (non-hydrogen) atoms. The molecular weight excluding hydrogens is 268 g/mol. The lowest BCUT2D eigenvalue weighted by atomic mass is 10.2. The van der Waals surface area contributed by atoms with Crippen molar-refractivity contribution >= 4 is 11.7 Å². The highest BCUT2D eigenvalue weighted by atomic mass is 16.1. The summed E-state index contributed by atoms with van der Waals surface area (Å²) < 4.78 is 3.65. The molecule has 0 radical (unpaired) electrons. The van der Waals surface area contributed by atoms with E-state index < -0.39 is 0 Å². The van der Waals surface area contributed by atoms with Crippen molar-refractivity contribution in [1.29, 1.82) is 0 Å². The summed E-state index contributed by atoms with van der Waals surface area (Å²) in [6.07, 6.45) is 8.61. The van der Waals surface area contributed by atoms with Gasteiger partial charge in [-0.15, -0.1) is 0 Å². The third-order valence-corrected chi connectivity index (χ3v) is 3.89. The first-order valence-corrected chi connectivity index (χ1v) is 7.40. The van der Waals surface area contributed by atoms with Gasteiger partial charge in [-0.3, -0.25) is 9.48 Å². The summed E-state index contributed by atoms with van der Waals surface area (Å²) in [5.74, 6) is 1.51. The number of carbonyl (C=O) groups excluding carboxylic acids is 1. The number of carbonyl (C=O) groups is 1. The number of hydrogen-bond donors (Lipinski definition) is 1. The van der Waals surface area contributed by atoms with Crippen LogP contribution in [0.15, 0.2) is 24.9 Å². The molecule has 1 saturated carbocycles. The molecule has 2 aromatic heterocycles. The first-order valence-electron chi connectivity index (χ1n) is 7.40. The van der Waals surface area contributed by atoms with Gasteiger partial charge in [0.2, 0.25) is 5.91 Å². The number of rotatable bonds is 7. The van der Waals surface area contributed by atoms with Crippen molar-refractivity contribution in [2.24, 2.45) is 5.92 Å². The van der Waals surface area contributed by atoms with Crippen molar-refractivity contribution in [3.05, 3.63) is 24.9 Å². The number of hydrogen-bond acceptors (Lipinski definition) is 4. The summed E-state index contributed by atoms with van der Waals surface area (Å²) in [7, 11) is 0. The van der Waals surface area contributed by atoms with Crippen molar-refractivity contribution in [1.82, 2.24) is 24.5 Å². The molecule has 2 aromatic rings. The summed E-state index contributed by atoms with van der Waals surface area (Å²) in [6, 6.07) is 2.21. The minimum atomic E-state index is 0.0138. The number of nitrogens with zero attached hydrogens (tertiary/aromatic N) is 5. The quantitative estimate of drug-likeness (QED) is 0.843. The lowest BCUT2D eigenvalue weighted by Gasteiger charge is -2.15. The highest BCUT2D eigenvalue weighted by Crippen LogP contribution is 2.40. The molecule has 2 heterocycles. The van der Waals surface area contributed by atoms with Gasteiger partial charge in [0.25, 0.3) is 0 Å². The van der Waals surface area contributed by atoms with Crippen LogP contribution in [0.2, 0.25) is 0 Å². The molecule has 0 unspecified atom stereocenters. The lowest BCUT2D eigenvalue weighted by molar-refractivity contribution is -0.116. The Bertz CT molecular complexity index is 586. The minimum absolute atomic E-state index is 0.0138. The van der Waals surface area contributed by atoms with Gasteiger partial charge < -0.3 is 5.32 Å². The van der Waals surface area contributed by atoms with E-state index in [0.717, 1.165) is 12.2 Å². The number of anilines is 1. The van der Waals surface area contributed by atoms with Crippen LogP contribution in [0.4, 0.5) is 5.82 Å². The molecule has 1 atom stereocenters. The Morgan fingerprint density at radius 1 is 1.48 bits per heavy atom. The zero-order chi connectivity index (χ0) is 14.7. The smallest absolute Gasteiger partial charge is 0.225 e. The van der Waals surface area contributed by atoms with Crippen LogP contribution in [-0.2, 0) is 11.3 Å². The Balaban J connectivity index is 1.49. The second-order valence-corrected chi connectivity index (χ2v) is 5.55. The SMILES string of the molecule is C[C@@H](C1CC1)n1nccc1NC(=O)CCCn1cncn1. The molecule has 1 N–H and O–H groups in total. The van der Waals surface area contributed by atoms with Gasteiger partial charge in [-0.05, 0) is 32.1 Å². The normalized spacial score (nSPS) is 15.9. The van der Waals surface area contributed by atoms with Crippen LogP contribution in [0.3, 0.4) is 0 Å². The zero-order valence-corrected chi connectivity index (χ0v) is 12.1. The second kappa shape index (κ2) is 6.07. The van der Waals surface area contributed by atoms with Crippen LogP contribution in [-0.4, -0.2) is 30.5 Å². The Hall–Kier alpha value is -2.18. The van der Waals surface area contributed by atoms with Gasteiger partial charge in [0.15, 0.2) is 0 Å². The first kappa shape index (κ1) is 13.8. The fourth-order valence-electron chi connectivity index (χ4n) is 2.47. The Morgan fingerprint density at radius 2 is 2.33 bits per heavy atom. The van der Waals surface area contributed by atoms with Gasteiger partial charge in [-0.2, -0.15) is 10.2 Å². The monoisotopic (exact) mass is 288 g/mol. The average Bonchev–Trinajstić information content (AvgIpc) is 3.00. The summed E-state index contributed by atoms with van der Waals surface area (Å²) in [5, 5.41) is 11.3. The topological polar surface area (TPSA) is 77.6 Å². The van der Waals surface area contributed by atoms with E-state index >= 15 is 0 Å².